The maximum Gasteiger partial charge on any atom is 0.414 e. The molecule has 7 heteroatoms. The second-order valence-electron chi connectivity index (χ2n) is 5.26. The number of anilines is 3. The molecule has 0 saturated carbocycles. The van der Waals surface area contributed by atoms with Gasteiger partial charge in [0.25, 0.3) is 0 Å². The van der Waals surface area contributed by atoms with Crippen LogP contribution in [-0.2, 0) is 11.2 Å². The summed E-state index contributed by atoms with van der Waals surface area (Å²) in [5.41, 5.74) is 3.17. The molecule has 0 radical (unpaired) electrons. The number of carbonyl (C=O) groups excluding carboxylic acids is 2. The van der Waals surface area contributed by atoms with E-state index in [1.54, 1.807) is 42.4 Å². The Morgan fingerprint density at radius 3 is 2.67 bits per heavy atom. The molecule has 0 bridgehead atoms. The monoisotopic (exact) mass is 326 g/mol. The van der Waals surface area contributed by atoms with Gasteiger partial charge >= 0.3 is 12.1 Å². The van der Waals surface area contributed by atoms with E-state index in [-0.39, 0.29) is 12.1 Å². The van der Waals surface area contributed by atoms with Gasteiger partial charge < -0.3 is 15.4 Å². The zero-order chi connectivity index (χ0) is 16.9. The van der Waals surface area contributed by atoms with Crippen LogP contribution in [0.2, 0.25) is 0 Å². The largest absolute Gasteiger partial charge is 0.449 e. The first-order valence-electron chi connectivity index (χ1n) is 7.72. The van der Waals surface area contributed by atoms with Crippen LogP contribution in [0.4, 0.5) is 26.7 Å². The predicted molar refractivity (Wildman–Crippen MR) is 91.4 cm³/mol. The number of fused-ring (bicyclic) bond motifs is 1. The number of amides is 3. The normalized spacial score (nSPS) is 12.5. The Balaban J connectivity index is 1.67. The van der Waals surface area contributed by atoms with E-state index in [1.165, 1.54) is 0 Å². The Morgan fingerprint density at radius 1 is 1.17 bits per heavy atom. The third kappa shape index (κ3) is 3.45. The second-order valence-corrected chi connectivity index (χ2v) is 5.26. The summed E-state index contributed by atoms with van der Waals surface area (Å²) < 4.78 is 5.05. The molecular weight excluding hydrogens is 308 g/mol. The van der Waals surface area contributed by atoms with Crippen LogP contribution < -0.4 is 15.5 Å². The molecule has 0 unspecified atom stereocenters. The fraction of sp³-hybridized carbons (Fsp3) is 0.235. The van der Waals surface area contributed by atoms with Gasteiger partial charge in [-0.3, -0.25) is 9.88 Å². The molecule has 0 saturated heterocycles. The van der Waals surface area contributed by atoms with E-state index in [9.17, 15) is 9.59 Å². The average Bonchev–Trinajstić information content (AvgIpc) is 2.99. The molecule has 0 atom stereocenters. The number of hydrogen-bond acceptors (Lipinski definition) is 4. The molecule has 1 aliphatic rings. The Morgan fingerprint density at radius 2 is 1.92 bits per heavy atom. The lowest BCUT2D eigenvalue weighted by Crippen LogP contribution is -2.29. The molecule has 7 nitrogen and oxygen atoms in total. The highest BCUT2D eigenvalue weighted by Crippen LogP contribution is 2.31. The summed E-state index contributed by atoms with van der Waals surface area (Å²) in [4.78, 5) is 29.4. The quantitative estimate of drug-likeness (QED) is 0.907. The maximum atomic E-state index is 12.0. The number of hydrogen-bond donors (Lipinski definition) is 2. The van der Waals surface area contributed by atoms with E-state index in [2.05, 4.69) is 15.6 Å². The third-order valence-electron chi connectivity index (χ3n) is 3.66. The Bertz CT molecular complexity index is 749. The van der Waals surface area contributed by atoms with Crippen LogP contribution in [0.5, 0.6) is 0 Å². The van der Waals surface area contributed by atoms with Gasteiger partial charge in [-0.25, -0.2) is 9.59 Å². The molecule has 1 aromatic heterocycles. The number of nitrogens with one attached hydrogen (secondary N) is 2. The minimum Gasteiger partial charge on any atom is -0.449 e. The SMILES string of the molecule is CCOC(=O)N1CCc2cc(NC(=O)Nc3ccncc3)ccc21. The number of carbonyl (C=O) groups is 2. The molecule has 1 aromatic carbocycles. The zero-order valence-electron chi connectivity index (χ0n) is 13.3. The van der Waals surface area contributed by atoms with Crippen molar-refractivity contribution >= 4 is 29.2 Å². The standard InChI is InChI=1S/C17H18N4O3/c1-2-24-17(23)21-10-7-12-11-14(3-4-15(12)21)20-16(22)19-13-5-8-18-9-6-13/h3-6,8-9,11H,2,7,10H2,1H3,(H2,18,19,20,22). The Labute approximate surface area is 139 Å². The van der Waals surface area contributed by atoms with E-state index >= 15 is 0 Å². The van der Waals surface area contributed by atoms with Crippen molar-refractivity contribution in [2.75, 3.05) is 28.7 Å². The van der Waals surface area contributed by atoms with Crippen molar-refractivity contribution in [3.05, 3.63) is 48.3 Å². The maximum absolute atomic E-state index is 12.0. The molecule has 1 aliphatic heterocycles. The smallest absolute Gasteiger partial charge is 0.414 e. The molecule has 3 rings (SSSR count). The van der Waals surface area contributed by atoms with E-state index in [1.807, 2.05) is 12.1 Å². The highest BCUT2D eigenvalue weighted by Gasteiger charge is 2.25. The second kappa shape index (κ2) is 6.99. The third-order valence-corrected chi connectivity index (χ3v) is 3.66. The van der Waals surface area contributed by atoms with Gasteiger partial charge in [0.05, 0.1) is 12.3 Å². The van der Waals surface area contributed by atoms with Gasteiger partial charge in [0, 0.05) is 30.3 Å². The topological polar surface area (TPSA) is 83.6 Å². The van der Waals surface area contributed by atoms with Gasteiger partial charge in [-0.05, 0) is 49.2 Å². The molecule has 2 heterocycles. The molecule has 124 valence electrons. The van der Waals surface area contributed by atoms with Crippen LogP contribution in [0.1, 0.15) is 12.5 Å². The summed E-state index contributed by atoms with van der Waals surface area (Å²) in [6.07, 6.45) is 3.60. The summed E-state index contributed by atoms with van der Waals surface area (Å²) in [6.45, 7) is 2.71. The first-order chi connectivity index (χ1) is 11.7. The van der Waals surface area contributed by atoms with Crippen LogP contribution in [-0.4, -0.2) is 30.3 Å². The average molecular weight is 326 g/mol. The molecule has 24 heavy (non-hydrogen) atoms. The lowest BCUT2D eigenvalue weighted by Gasteiger charge is -2.16. The van der Waals surface area contributed by atoms with Crippen molar-refractivity contribution in [2.45, 2.75) is 13.3 Å². The molecule has 0 spiro atoms. The summed E-state index contributed by atoms with van der Waals surface area (Å²) in [5, 5.41) is 5.51. The summed E-state index contributed by atoms with van der Waals surface area (Å²) in [7, 11) is 0. The number of urea groups is 1. The summed E-state index contributed by atoms with van der Waals surface area (Å²) in [6, 6.07) is 8.55. The number of pyridine rings is 1. The van der Waals surface area contributed by atoms with E-state index < -0.39 is 0 Å². The van der Waals surface area contributed by atoms with E-state index in [0.29, 0.717) is 24.5 Å². The molecule has 0 fully saturated rings. The Kier molecular flexibility index (Phi) is 4.60. The fourth-order valence-electron chi connectivity index (χ4n) is 2.60. The number of ether oxygens (including phenoxy) is 1. The Hall–Kier alpha value is -3.09. The van der Waals surface area contributed by atoms with Gasteiger partial charge in [-0.1, -0.05) is 0 Å². The summed E-state index contributed by atoms with van der Waals surface area (Å²) >= 11 is 0. The molecule has 0 aliphatic carbocycles. The van der Waals surface area contributed by atoms with E-state index in [4.69, 9.17) is 4.74 Å². The minimum absolute atomic E-state index is 0.332. The van der Waals surface area contributed by atoms with Crippen LogP contribution in [0.25, 0.3) is 0 Å². The van der Waals surface area contributed by atoms with Crippen molar-refractivity contribution in [2.24, 2.45) is 0 Å². The van der Waals surface area contributed by atoms with Gasteiger partial charge in [-0.2, -0.15) is 0 Å². The van der Waals surface area contributed by atoms with Gasteiger partial charge in [0.15, 0.2) is 0 Å². The van der Waals surface area contributed by atoms with Crippen molar-refractivity contribution in [3.8, 4) is 0 Å². The van der Waals surface area contributed by atoms with Crippen molar-refractivity contribution in [1.82, 2.24) is 4.98 Å². The minimum atomic E-state index is -0.340. The van der Waals surface area contributed by atoms with E-state index in [0.717, 1.165) is 17.7 Å². The number of aromatic nitrogens is 1. The lowest BCUT2D eigenvalue weighted by molar-refractivity contribution is 0.160. The van der Waals surface area contributed by atoms with Crippen LogP contribution >= 0.6 is 0 Å². The molecular formula is C17H18N4O3. The first-order valence-corrected chi connectivity index (χ1v) is 7.72. The molecule has 2 aromatic rings. The van der Waals surface area contributed by atoms with Crippen molar-refractivity contribution in [1.29, 1.82) is 0 Å². The highest BCUT2D eigenvalue weighted by molar-refractivity contribution is 6.00. The lowest BCUT2D eigenvalue weighted by atomic mass is 10.1. The summed E-state index contributed by atoms with van der Waals surface area (Å²) in [5.74, 6) is 0. The van der Waals surface area contributed by atoms with Crippen molar-refractivity contribution in [3.63, 3.8) is 0 Å². The van der Waals surface area contributed by atoms with Crippen LogP contribution in [0, 0.1) is 0 Å². The fourth-order valence-corrected chi connectivity index (χ4v) is 2.60. The highest BCUT2D eigenvalue weighted by atomic mass is 16.6. The predicted octanol–water partition coefficient (Wildman–Crippen LogP) is 3.24. The molecule has 2 N–H and O–H groups in total. The zero-order valence-corrected chi connectivity index (χ0v) is 13.3. The first kappa shape index (κ1) is 15.8. The number of rotatable bonds is 3. The van der Waals surface area contributed by atoms with Gasteiger partial charge in [-0.15, -0.1) is 0 Å². The van der Waals surface area contributed by atoms with Gasteiger partial charge in [0.2, 0.25) is 0 Å². The van der Waals surface area contributed by atoms with Crippen molar-refractivity contribution < 1.29 is 14.3 Å². The van der Waals surface area contributed by atoms with Gasteiger partial charge in [0.1, 0.15) is 0 Å². The van der Waals surface area contributed by atoms with Crippen LogP contribution in [0.3, 0.4) is 0 Å². The molecule has 3 amide bonds. The van der Waals surface area contributed by atoms with Crippen LogP contribution in [0.15, 0.2) is 42.7 Å². The number of benzene rings is 1. The number of nitrogens with zero attached hydrogens (tertiary/aromatic N) is 2.